The Morgan fingerprint density at radius 1 is 1.14 bits per heavy atom. The molecule has 21 heavy (non-hydrogen) atoms. The molecular weight excluding hydrogens is 286 g/mol. The Bertz CT molecular complexity index is 598. The Kier molecular flexibility index (Phi) is 5.36. The van der Waals surface area contributed by atoms with Crippen LogP contribution < -0.4 is 16.4 Å². The van der Waals surface area contributed by atoms with Crippen LogP contribution in [0.4, 0.5) is 11.6 Å². The number of hydrogen-bond acceptors (Lipinski definition) is 5. The predicted molar refractivity (Wildman–Crippen MR) is 88.6 cm³/mol. The van der Waals surface area contributed by atoms with E-state index in [9.17, 15) is 0 Å². The lowest BCUT2D eigenvalue weighted by Gasteiger charge is -2.14. The summed E-state index contributed by atoms with van der Waals surface area (Å²) in [6.07, 6.45) is 0. The Labute approximate surface area is 129 Å². The van der Waals surface area contributed by atoms with Crippen molar-refractivity contribution in [2.24, 2.45) is 5.73 Å². The molecule has 0 saturated carbocycles. The monoisotopic (exact) mass is 304 g/mol. The third-order valence-corrected chi connectivity index (χ3v) is 3.23. The molecule has 0 bridgehead atoms. The van der Waals surface area contributed by atoms with Gasteiger partial charge < -0.3 is 16.4 Å². The molecule has 4 N–H and O–H groups in total. The van der Waals surface area contributed by atoms with Crippen molar-refractivity contribution in [3.8, 4) is 11.4 Å². The Balaban J connectivity index is 2.44. The number of anilines is 2. The second-order valence-corrected chi connectivity index (χ2v) is 4.95. The van der Waals surface area contributed by atoms with Crippen LogP contribution in [0.25, 0.3) is 11.4 Å². The summed E-state index contributed by atoms with van der Waals surface area (Å²) in [4.78, 5) is 9.13. The number of nitrogens with zero attached hydrogens (tertiary/aromatic N) is 2. The van der Waals surface area contributed by atoms with Gasteiger partial charge in [0.2, 0.25) is 0 Å². The number of nitrogens with one attached hydrogen (secondary N) is 2. The van der Waals surface area contributed by atoms with E-state index in [4.69, 9.17) is 17.3 Å². The molecule has 5 nitrogen and oxygen atoms in total. The van der Waals surface area contributed by atoms with Gasteiger partial charge in [-0.05, 0) is 38.1 Å². The topological polar surface area (TPSA) is 75.9 Å². The van der Waals surface area contributed by atoms with Crippen molar-refractivity contribution in [2.45, 2.75) is 6.92 Å². The van der Waals surface area contributed by atoms with Gasteiger partial charge >= 0.3 is 0 Å². The van der Waals surface area contributed by atoms with Gasteiger partial charge in [0.05, 0.1) is 0 Å². The van der Waals surface area contributed by atoms with Crippen molar-refractivity contribution in [3.63, 3.8) is 0 Å². The highest BCUT2D eigenvalue weighted by atomic mass is 35.5. The third-order valence-electron chi connectivity index (χ3n) is 2.98. The van der Waals surface area contributed by atoms with E-state index >= 15 is 0 Å². The van der Waals surface area contributed by atoms with Crippen LogP contribution in [-0.4, -0.2) is 29.6 Å². The summed E-state index contributed by atoms with van der Waals surface area (Å²) in [5, 5.41) is 7.06. The van der Waals surface area contributed by atoms with Crippen molar-refractivity contribution in [1.29, 1.82) is 0 Å². The fourth-order valence-electron chi connectivity index (χ4n) is 1.90. The van der Waals surface area contributed by atoms with Crippen molar-refractivity contribution >= 4 is 23.2 Å². The van der Waals surface area contributed by atoms with Crippen molar-refractivity contribution in [1.82, 2.24) is 9.97 Å². The minimum Gasteiger partial charge on any atom is -0.370 e. The van der Waals surface area contributed by atoms with Gasteiger partial charge in [-0.3, -0.25) is 0 Å². The fourth-order valence-corrected chi connectivity index (χ4v) is 2.02. The van der Waals surface area contributed by atoms with Crippen LogP contribution in [0.3, 0.4) is 0 Å². The van der Waals surface area contributed by atoms with Gasteiger partial charge in [-0.1, -0.05) is 11.6 Å². The standard InChI is InChI=1S/C15H19ClN5/c1-3-18-13-10(2)14(19-9-8-17)21-15(20-13)11-4-6-12(16)7-5-11/h4-7H,1,3,8-9,17H2,2H3,(H2,18,19,20,21). The van der Waals surface area contributed by atoms with Crippen molar-refractivity contribution < 1.29 is 0 Å². The molecule has 111 valence electrons. The average Bonchev–Trinajstić information content (AvgIpc) is 2.49. The molecule has 0 unspecified atom stereocenters. The molecule has 2 aromatic rings. The maximum Gasteiger partial charge on any atom is 0.163 e. The molecule has 0 fully saturated rings. The van der Waals surface area contributed by atoms with E-state index in [1.54, 1.807) is 0 Å². The number of nitrogens with two attached hydrogens (primary N) is 1. The van der Waals surface area contributed by atoms with Crippen LogP contribution in [0.5, 0.6) is 0 Å². The van der Waals surface area contributed by atoms with Gasteiger partial charge in [-0.25, -0.2) is 9.97 Å². The number of hydrogen-bond donors (Lipinski definition) is 3. The summed E-state index contributed by atoms with van der Waals surface area (Å²) < 4.78 is 0. The quantitative estimate of drug-likeness (QED) is 0.765. The van der Waals surface area contributed by atoms with Gasteiger partial charge in [-0.2, -0.15) is 0 Å². The molecule has 0 saturated heterocycles. The molecule has 2 rings (SSSR count). The minimum absolute atomic E-state index is 0.540. The van der Waals surface area contributed by atoms with Gasteiger partial charge in [-0.15, -0.1) is 0 Å². The summed E-state index contributed by atoms with van der Waals surface area (Å²) in [5.41, 5.74) is 7.40. The Morgan fingerprint density at radius 3 is 2.33 bits per heavy atom. The molecule has 0 aliphatic heterocycles. The van der Waals surface area contributed by atoms with Crippen LogP contribution in [0, 0.1) is 13.8 Å². The van der Waals surface area contributed by atoms with Crippen LogP contribution in [0.1, 0.15) is 5.56 Å². The van der Waals surface area contributed by atoms with Gasteiger partial charge in [0, 0.05) is 35.8 Å². The number of aromatic nitrogens is 2. The van der Waals surface area contributed by atoms with Gasteiger partial charge in [0.25, 0.3) is 0 Å². The molecule has 0 aliphatic rings. The highest BCUT2D eigenvalue weighted by Crippen LogP contribution is 2.25. The fraction of sp³-hybridized carbons (Fsp3) is 0.267. The van der Waals surface area contributed by atoms with E-state index in [0.717, 1.165) is 22.8 Å². The zero-order valence-electron chi connectivity index (χ0n) is 12.0. The molecule has 1 heterocycles. The van der Waals surface area contributed by atoms with Crippen LogP contribution >= 0.6 is 11.6 Å². The molecule has 0 amide bonds. The molecular formula is C15H19ClN5. The number of halogens is 1. The average molecular weight is 305 g/mol. The maximum absolute atomic E-state index is 5.92. The number of benzene rings is 1. The minimum atomic E-state index is 0.540. The normalized spacial score (nSPS) is 10.5. The smallest absolute Gasteiger partial charge is 0.163 e. The second kappa shape index (κ2) is 7.24. The molecule has 1 radical (unpaired) electrons. The molecule has 1 aromatic heterocycles. The summed E-state index contributed by atoms with van der Waals surface area (Å²) in [7, 11) is 0. The van der Waals surface area contributed by atoms with Gasteiger partial charge in [0.1, 0.15) is 11.6 Å². The van der Waals surface area contributed by atoms with E-state index in [-0.39, 0.29) is 0 Å². The van der Waals surface area contributed by atoms with Crippen molar-refractivity contribution in [2.75, 3.05) is 30.3 Å². The third kappa shape index (κ3) is 3.83. The lowest BCUT2D eigenvalue weighted by molar-refractivity contribution is 0.997. The first kappa shape index (κ1) is 15.5. The Morgan fingerprint density at radius 2 is 1.76 bits per heavy atom. The lowest BCUT2D eigenvalue weighted by atomic mass is 10.2. The SMILES string of the molecule is [CH2]CNc1nc(-c2ccc(Cl)cc2)nc(NCCN)c1C. The zero-order valence-corrected chi connectivity index (χ0v) is 12.7. The van der Waals surface area contributed by atoms with Crippen molar-refractivity contribution in [3.05, 3.63) is 41.8 Å². The predicted octanol–water partition coefficient (Wildman–Crippen LogP) is 2.72. The molecule has 0 spiro atoms. The summed E-state index contributed by atoms with van der Waals surface area (Å²) >= 11 is 5.92. The van der Waals surface area contributed by atoms with E-state index in [1.165, 1.54) is 0 Å². The highest BCUT2D eigenvalue weighted by Gasteiger charge is 2.11. The van der Waals surface area contributed by atoms with E-state index in [2.05, 4.69) is 27.5 Å². The zero-order chi connectivity index (χ0) is 15.2. The summed E-state index contributed by atoms with van der Waals surface area (Å²) in [6, 6.07) is 7.44. The first-order valence-electron chi connectivity index (χ1n) is 6.77. The summed E-state index contributed by atoms with van der Waals surface area (Å²) in [5.74, 6) is 2.17. The Hall–Kier alpha value is -1.85. The first-order chi connectivity index (χ1) is 10.2. The largest absolute Gasteiger partial charge is 0.370 e. The molecule has 0 atom stereocenters. The second-order valence-electron chi connectivity index (χ2n) is 4.52. The summed E-state index contributed by atoms with van der Waals surface area (Å²) in [6.45, 7) is 7.50. The lowest BCUT2D eigenvalue weighted by Crippen LogP contribution is -2.16. The number of rotatable bonds is 6. The van der Waals surface area contributed by atoms with Crippen LogP contribution in [0.2, 0.25) is 5.02 Å². The maximum atomic E-state index is 5.92. The molecule has 0 aliphatic carbocycles. The molecule has 6 heteroatoms. The van der Waals surface area contributed by atoms with E-state index < -0.39 is 0 Å². The van der Waals surface area contributed by atoms with Crippen LogP contribution in [0.15, 0.2) is 24.3 Å². The highest BCUT2D eigenvalue weighted by molar-refractivity contribution is 6.30. The first-order valence-corrected chi connectivity index (χ1v) is 7.15. The van der Waals surface area contributed by atoms with E-state index in [1.807, 2.05) is 31.2 Å². The molecule has 1 aromatic carbocycles. The van der Waals surface area contributed by atoms with Crippen LogP contribution in [-0.2, 0) is 0 Å². The van der Waals surface area contributed by atoms with Gasteiger partial charge in [0.15, 0.2) is 5.82 Å². The van der Waals surface area contributed by atoms with E-state index in [0.29, 0.717) is 30.5 Å².